The number of amides is 1. The van der Waals surface area contributed by atoms with Gasteiger partial charge in [0.05, 0.1) is 11.8 Å². The van der Waals surface area contributed by atoms with Crippen molar-refractivity contribution in [3.05, 3.63) is 0 Å². The van der Waals surface area contributed by atoms with E-state index in [-0.39, 0.29) is 11.8 Å². The SMILES string of the molecule is CCCN(CC)C(=O)C1CC1C(=O)O. The van der Waals surface area contributed by atoms with E-state index in [0.717, 1.165) is 13.0 Å². The molecule has 1 fully saturated rings. The van der Waals surface area contributed by atoms with Crippen LogP contribution in [-0.4, -0.2) is 35.0 Å². The van der Waals surface area contributed by atoms with E-state index in [9.17, 15) is 9.59 Å². The van der Waals surface area contributed by atoms with Crippen molar-refractivity contribution in [2.75, 3.05) is 13.1 Å². The summed E-state index contributed by atoms with van der Waals surface area (Å²) in [5, 5.41) is 8.69. The summed E-state index contributed by atoms with van der Waals surface area (Å²) >= 11 is 0. The Morgan fingerprint density at radius 1 is 1.36 bits per heavy atom. The van der Waals surface area contributed by atoms with E-state index in [2.05, 4.69) is 0 Å². The molecule has 0 bridgehead atoms. The highest BCUT2D eigenvalue weighted by Gasteiger charge is 2.49. The Bertz CT molecular complexity index is 240. The van der Waals surface area contributed by atoms with E-state index in [1.165, 1.54) is 0 Å². The Kier molecular flexibility index (Phi) is 3.49. The minimum absolute atomic E-state index is 0.0155. The molecule has 0 saturated heterocycles. The molecule has 4 nitrogen and oxygen atoms in total. The van der Waals surface area contributed by atoms with Gasteiger partial charge in [-0.15, -0.1) is 0 Å². The Balaban J connectivity index is 2.45. The number of carboxylic acids is 1. The third-order valence-electron chi connectivity index (χ3n) is 2.61. The lowest BCUT2D eigenvalue weighted by Gasteiger charge is -2.19. The number of nitrogens with zero attached hydrogens (tertiary/aromatic N) is 1. The van der Waals surface area contributed by atoms with Gasteiger partial charge in [0.25, 0.3) is 0 Å². The first-order valence-corrected chi connectivity index (χ1v) is 5.13. The lowest BCUT2D eigenvalue weighted by molar-refractivity contribution is -0.141. The maximum absolute atomic E-state index is 11.7. The molecule has 0 aliphatic heterocycles. The van der Waals surface area contributed by atoms with Crippen LogP contribution in [0, 0.1) is 11.8 Å². The highest BCUT2D eigenvalue weighted by molar-refractivity contribution is 5.89. The molecule has 0 aromatic carbocycles. The van der Waals surface area contributed by atoms with Crippen LogP contribution in [0.5, 0.6) is 0 Å². The molecule has 80 valence electrons. The molecule has 0 radical (unpaired) electrons. The topological polar surface area (TPSA) is 57.6 Å². The van der Waals surface area contributed by atoms with Crippen molar-refractivity contribution in [3.8, 4) is 0 Å². The molecule has 4 heteroatoms. The van der Waals surface area contributed by atoms with Gasteiger partial charge < -0.3 is 10.0 Å². The fourth-order valence-corrected chi connectivity index (χ4v) is 1.67. The zero-order chi connectivity index (χ0) is 10.7. The first-order chi connectivity index (χ1) is 6.61. The van der Waals surface area contributed by atoms with Gasteiger partial charge in [-0.2, -0.15) is 0 Å². The lowest BCUT2D eigenvalue weighted by Crippen LogP contribution is -2.33. The summed E-state index contributed by atoms with van der Waals surface area (Å²) in [7, 11) is 0. The van der Waals surface area contributed by atoms with Crippen molar-refractivity contribution in [2.24, 2.45) is 11.8 Å². The number of carboxylic acid groups (broad SMARTS) is 1. The fourth-order valence-electron chi connectivity index (χ4n) is 1.67. The monoisotopic (exact) mass is 199 g/mol. The van der Waals surface area contributed by atoms with Crippen LogP contribution >= 0.6 is 0 Å². The van der Waals surface area contributed by atoms with E-state index < -0.39 is 11.9 Å². The summed E-state index contributed by atoms with van der Waals surface area (Å²) in [6, 6.07) is 0. The molecule has 0 aromatic rings. The van der Waals surface area contributed by atoms with Gasteiger partial charge in [-0.1, -0.05) is 6.92 Å². The highest BCUT2D eigenvalue weighted by atomic mass is 16.4. The largest absolute Gasteiger partial charge is 0.481 e. The van der Waals surface area contributed by atoms with Gasteiger partial charge in [0.15, 0.2) is 0 Å². The normalized spacial score (nSPS) is 24.4. The first-order valence-electron chi connectivity index (χ1n) is 5.13. The molecule has 1 rings (SSSR count). The maximum Gasteiger partial charge on any atom is 0.307 e. The standard InChI is InChI=1S/C10H17NO3/c1-3-5-11(4-2)9(12)7-6-8(7)10(13)14/h7-8H,3-6H2,1-2H3,(H,13,14). The van der Waals surface area contributed by atoms with Gasteiger partial charge in [0, 0.05) is 13.1 Å². The van der Waals surface area contributed by atoms with Crippen molar-refractivity contribution in [2.45, 2.75) is 26.7 Å². The van der Waals surface area contributed by atoms with E-state index >= 15 is 0 Å². The van der Waals surface area contributed by atoms with Crippen molar-refractivity contribution < 1.29 is 14.7 Å². The summed E-state index contributed by atoms with van der Waals surface area (Å²) < 4.78 is 0. The minimum atomic E-state index is -0.837. The van der Waals surface area contributed by atoms with E-state index in [4.69, 9.17) is 5.11 Å². The lowest BCUT2D eigenvalue weighted by atomic mass is 10.2. The Hall–Kier alpha value is -1.06. The molecule has 2 atom stereocenters. The zero-order valence-corrected chi connectivity index (χ0v) is 8.69. The number of aliphatic carboxylic acids is 1. The smallest absolute Gasteiger partial charge is 0.307 e. The summed E-state index contributed by atoms with van der Waals surface area (Å²) in [4.78, 5) is 24.0. The number of hydrogen-bond donors (Lipinski definition) is 1. The average Bonchev–Trinajstić information content (AvgIpc) is 2.92. The van der Waals surface area contributed by atoms with Crippen LogP contribution in [0.2, 0.25) is 0 Å². The average molecular weight is 199 g/mol. The minimum Gasteiger partial charge on any atom is -0.481 e. The van der Waals surface area contributed by atoms with Crippen molar-refractivity contribution >= 4 is 11.9 Å². The summed E-state index contributed by atoms with van der Waals surface area (Å²) in [6.07, 6.45) is 1.44. The van der Waals surface area contributed by atoms with Crippen LogP contribution in [-0.2, 0) is 9.59 Å². The maximum atomic E-state index is 11.7. The summed E-state index contributed by atoms with van der Waals surface area (Å²) in [5.74, 6) is -1.50. The highest BCUT2D eigenvalue weighted by Crippen LogP contribution is 2.40. The van der Waals surface area contributed by atoms with Gasteiger partial charge in [-0.3, -0.25) is 9.59 Å². The molecular weight excluding hydrogens is 182 g/mol. The third-order valence-corrected chi connectivity index (χ3v) is 2.61. The molecular formula is C10H17NO3. The molecule has 1 aliphatic carbocycles. The van der Waals surface area contributed by atoms with Crippen LogP contribution in [0.1, 0.15) is 26.7 Å². The van der Waals surface area contributed by atoms with Gasteiger partial charge in [0.1, 0.15) is 0 Å². The second-order valence-electron chi connectivity index (χ2n) is 3.70. The molecule has 1 N–H and O–H groups in total. The number of carbonyl (C=O) groups is 2. The molecule has 2 unspecified atom stereocenters. The molecule has 0 spiro atoms. The second-order valence-corrected chi connectivity index (χ2v) is 3.70. The van der Waals surface area contributed by atoms with Crippen molar-refractivity contribution in [1.82, 2.24) is 4.90 Å². The van der Waals surface area contributed by atoms with Gasteiger partial charge in [0.2, 0.25) is 5.91 Å². The van der Waals surface area contributed by atoms with Crippen LogP contribution < -0.4 is 0 Å². The van der Waals surface area contributed by atoms with E-state index in [0.29, 0.717) is 13.0 Å². The molecule has 1 amide bonds. The van der Waals surface area contributed by atoms with Crippen LogP contribution in [0.25, 0.3) is 0 Å². The Morgan fingerprint density at radius 3 is 2.36 bits per heavy atom. The van der Waals surface area contributed by atoms with Crippen LogP contribution in [0.3, 0.4) is 0 Å². The number of rotatable bonds is 5. The van der Waals surface area contributed by atoms with Crippen molar-refractivity contribution in [3.63, 3.8) is 0 Å². The van der Waals surface area contributed by atoms with Crippen LogP contribution in [0.15, 0.2) is 0 Å². The summed E-state index contributed by atoms with van der Waals surface area (Å²) in [6.45, 7) is 5.34. The van der Waals surface area contributed by atoms with Gasteiger partial charge in [-0.25, -0.2) is 0 Å². The van der Waals surface area contributed by atoms with Gasteiger partial charge in [-0.05, 0) is 19.8 Å². The first kappa shape index (κ1) is 11.0. The van der Waals surface area contributed by atoms with Gasteiger partial charge >= 0.3 is 5.97 Å². The predicted molar refractivity (Wildman–Crippen MR) is 51.8 cm³/mol. The second kappa shape index (κ2) is 4.44. The van der Waals surface area contributed by atoms with E-state index in [1.807, 2.05) is 13.8 Å². The molecule has 0 heterocycles. The number of carbonyl (C=O) groups excluding carboxylic acids is 1. The predicted octanol–water partition coefficient (Wildman–Crippen LogP) is 0.966. The Labute approximate surface area is 83.9 Å². The van der Waals surface area contributed by atoms with E-state index in [1.54, 1.807) is 4.90 Å². The third kappa shape index (κ3) is 2.25. The van der Waals surface area contributed by atoms with Crippen LogP contribution in [0.4, 0.5) is 0 Å². The summed E-state index contributed by atoms with van der Waals surface area (Å²) in [5.41, 5.74) is 0. The molecule has 14 heavy (non-hydrogen) atoms. The fraction of sp³-hybridized carbons (Fsp3) is 0.800. The number of hydrogen-bond acceptors (Lipinski definition) is 2. The zero-order valence-electron chi connectivity index (χ0n) is 8.69. The molecule has 1 saturated carbocycles. The molecule has 0 aromatic heterocycles. The quantitative estimate of drug-likeness (QED) is 0.717. The van der Waals surface area contributed by atoms with Crippen molar-refractivity contribution in [1.29, 1.82) is 0 Å². The Morgan fingerprint density at radius 2 is 2.00 bits per heavy atom. The molecule has 1 aliphatic rings.